The summed E-state index contributed by atoms with van der Waals surface area (Å²) in [5.74, 6) is 0. The molecule has 0 saturated heterocycles. The monoisotopic (exact) mass is 265 g/mol. The van der Waals surface area contributed by atoms with Crippen LogP contribution in [0.1, 0.15) is 24.1 Å². The molecule has 3 nitrogen and oxygen atoms in total. The lowest BCUT2D eigenvalue weighted by Gasteiger charge is -2.13. The molecule has 2 heterocycles. The van der Waals surface area contributed by atoms with Gasteiger partial charge in [-0.2, -0.15) is 0 Å². The van der Waals surface area contributed by atoms with Crippen molar-refractivity contribution in [1.29, 1.82) is 0 Å². The van der Waals surface area contributed by atoms with E-state index in [4.69, 9.17) is 0 Å². The number of fused-ring (bicyclic) bond motifs is 1. The van der Waals surface area contributed by atoms with E-state index in [0.717, 1.165) is 13.0 Å². The van der Waals surface area contributed by atoms with Gasteiger partial charge in [-0.25, -0.2) is 0 Å². The maximum Gasteiger partial charge on any atom is 0.0456 e. The lowest BCUT2D eigenvalue weighted by Crippen LogP contribution is -2.21. The number of para-hydroxylation sites is 1. The molecule has 0 unspecified atom stereocenters. The van der Waals surface area contributed by atoms with Gasteiger partial charge in [0.1, 0.15) is 0 Å². The highest BCUT2D eigenvalue weighted by Crippen LogP contribution is 2.18. The Morgan fingerprint density at radius 1 is 1.20 bits per heavy atom. The van der Waals surface area contributed by atoms with Gasteiger partial charge in [-0.1, -0.05) is 24.3 Å². The van der Waals surface area contributed by atoms with Crippen LogP contribution < -0.4 is 5.32 Å². The Hall–Kier alpha value is -2.13. The minimum Gasteiger partial charge on any atom is -0.361 e. The quantitative estimate of drug-likeness (QED) is 0.741. The zero-order valence-corrected chi connectivity index (χ0v) is 11.6. The van der Waals surface area contributed by atoms with Crippen LogP contribution in [0.4, 0.5) is 0 Å². The van der Waals surface area contributed by atoms with Gasteiger partial charge in [0.2, 0.25) is 0 Å². The summed E-state index contributed by atoms with van der Waals surface area (Å²) in [5.41, 5.74) is 3.81. The Bertz CT molecular complexity index is 673. The first-order valence-corrected chi connectivity index (χ1v) is 7.03. The highest BCUT2D eigenvalue weighted by molar-refractivity contribution is 5.83. The summed E-state index contributed by atoms with van der Waals surface area (Å²) in [6, 6.07) is 12.9. The van der Waals surface area contributed by atoms with Crippen LogP contribution in [0.2, 0.25) is 0 Å². The predicted molar refractivity (Wildman–Crippen MR) is 82.7 cm³/mol. The minimum absolute atomic E-state index is 0.328. The molecule has 20 heavy (non-hydrogen) atoms. The minimum atomic E-state index is 0.328. The number of H-pyrrole nitrogens is 1. The lowest BCUT2D eigenvalue weighted by molar-refractivity contribution is 0.576. The molecular formula is C17H19N3. The first-order valence-electron chi connectivity index (χ1n) is 7.03. The van der Waals surface area contributed by atoms with Crippen LogP contribution in [0.5, 0.6) is 0 Å². The Kier molecular flexibility index (Phi) is 3.79. The molecule has 102 valence electrons. The largest absolute Gasteiger partial charge is 0.361 e. The summed E-state index contributed by atoms with van der Waals surface area (Å²) in [6.07, 6.45) is 6.86. The van der Waals surface area contributed by atoms with Crippen LogP contribution in [0, 0.1) is 0 Å². The average Bonchev–Trinajstić information content (AvgIpc) is 2.92. The normalized spacial score (nSPS) is 12.7. The van der Waals surface area contributed by atoms with Gasteiger partial charge in [-0.3, -0.25) is 4.98 Å². The Morgan fingerprint density at radius 3 is 2.95 bits per heavy atom. The van der Waals surface area contributed by atoms with Crippen molar-refractivity contribution in [2.45, 2.75) is 19.4 Å². The molecule has 1 atom stereocenters. The van der Waals surface area contributed by atoms with E-state index in [2.05, 4.69) is 58.7 Å². The number of hydrogen-bond acceptors (Lipinski definition) is 2. The van der Waals surface area contributed by atoms with Crippen LogP contribution in [-0.2, 0) is 6.42 Å². The molecule has 3 heteroatoms. The van der Waals surface area contributed by atoms with E-state index in [-0.39, 0.29) is 0 Å². The van der Waals surface area contributed by atoms with Gasteiger partial charge < -0.3 is 10.3 Å². The second kappa shape index (κ2) is 5.88. The third kappa shape index (κ3) is 2.73. The first kappa shape index (κ1) is 12.9. The van der Waals surface area contributed by atoms with Crippen molar-refractivity contribution in [3.8, 4) is 0 Å². The van der Waals surface area contributed by atoms with E-state index in [0.29, 0.717) is 6.04 Å². The average molecular weight is 265 g/mol. The van der Waals surface area contributed by atoms with Crippen molar-refractivity contribution >= 4 is 10.9 Å². The zero-order valence-electron chi connectivity index (χ0n) is 11.6. The fourth-order valence-electron chi connectivity index (χ4n) is 2.51. The molecule has 2 aromatic heterocycles. The number of hydrogen-bond donors (Lipinski definition) is 2. The number of benzene rings is 1. The van der Waals surface area contributed by atoms with E-state index in [1.54, 1.807) is 0 Å². The van der Waals surface area contributed by atoms with Crippen molar-refractivity contribution in [2.75, 3.05) is 6.54 Å². The molecule has 3 rings (SSSR count). The van der Waals surface area contributed by atoms with Gasteiger partial charge in [0.25, 0.3) is 0 Å². The Morgan fingerprint density at radius 2 is 2.10 bits per heavy atom. The molecule has 1 aromatic carbocycles. The Balaban J connectivity index is 1.60. The second-order valence-corrected chi connectivity index (χ2v) is 5.07. The summed E-state index contributed by atoms with van der Waals surface area (Å²) < 4.78 is 0. The summed E-state index contributed by atoms with van der Waals surface area (Å²) >= 11 is 0. The molecule has 0 amide bonds. The standard InChI is InChI=1S/C17H19N3/c1-13(14-5-4-9-18-11-14)19-10-8-15-12-20-17-7-3-2-6-16(15)17/h2-7,9,11-13,19-20H,8,10H2,1H3/t13-/m0/s1. The predicted octanol–water partition coefficient (Wildman–Crippen LogP) is 3.46. The third-order valence-corrected chi connectivity index (χ3v) is 3.70. The lowest BCUT2D eigenvalue weighted by atomic mass is 10.1. The number of aromatic nitrogens is 2. The number of nitrogens with zero attached hydrogens (tertiary/aromatic N) is 1. The first-order chi connectivity index (χ1) is 9.84. The van der Waals surface area contributed by atoms with Gasteiger partial charge in [0.05, 0.1) is 0 Å². The highest BCUT2D eigenvalue weighted by atomic mass is 14.9. The molecule has 2 N–H and O–H groups in total. The van der Waals surface area contributed by atoms with Crippen molar-refractivity contribution in [3.63, 3.8) is 0 Å². The van der Waals surface area contributed by atoms with Crippen molar-refractivity contribution < 1.29 is 0 Å². The highest BCUT2D eigenvalue weighted by Gasteiger charge is 2.06. The van der Waals surface area contributed by atoms with E-state index in [1.165, 1.54) is 22.0 Å². The number of rotatable bonds is 5. The van der Waals surface area contributed by atoms with E-state index in [1.807, 2.05) is 18.5 Å². The number of nitrogens with one attached hydrogen (secondary N) is 2. The smallest absolute Gasteiger partial charge is 0.0456 e. The zero-order chi connectivity index (χ0) is 13.8. The summed E-state index contributed by atoms with van der Waals surface area (Å²) in [5, 5.41) is 4.87. The molecule has 0 aliphatic rings. The van der Waals surface area contributed by atoms with E-state index >= 15 is 0 Å². The van der Waals surface area contributed by atoms with Gasteiger partial charge in [-0.05, 0) is 43.1 Å². The summed E-state index contributed by atoms with van der Waals surface area (Å²) in [6.45, 7) is 3.13. The fraction of sp³-hybridized carbons (Fsp3) is 0.235. The molecule has 0 bridgehead atoms. The molecular weight excluding hydrogens is 246 g/mol. The molecule has 3 aromatic rings. The van der Waals surface area contributed by atoms with Crippen molar-refractivity contribution in [2.24, 2.45) is 0 Å². The SMILES string of the molecule is C[C@H](NCCc1c[nH]c2ccccc12)c1cccnc1. The summed E-state index contributed by atoms with van der Waals surface area (Å²) in [7, 11) is 0. The second-order valence-electron chi connectivity index (χ2n) is 5.07. The van der Waals surface area contributed by atoms with Crippen LogP contribution in [0.15, 0.2) is 55.0 Å². The van der Waals surface area contributed by atoms with Crippen LogP contribution in [0.3, 0.4) is 0 Å². The van der Waals surface area contributed by atoms with Crippen molar-refractivity contribution in [1.82, 2.24) is 15.3 Å². The molecule has 0 aliphatic heterocycles. The molecule has 0 radical (unpaired) electrons. The number of aromatic amines is 1. The Labute approximate surface area is 119 Å². The molecule has 0 spiro atoms. The van der Waals surface area contributed by atoms with E-state index < -0.39 is 0 Å². The van der Waals surface area contributed by atoms with Gasteiger partial charge in [-0.15, -0.1) is 0 Å². The van der Waals surface area contributed by atoms with E-state index in [9.17, 15) is 0 Å². The maximum absolute atomic E-state index is 4.16. The molecule has 0 aliphatic carbocycles. The van der Waals surface area contributed by atoms with Crippen LogP contribution >= 0.6 is 0 Å². The molecule has 0 fully saturated rings. The van der Waals surface area contributed by atoms with Crippen molar-refractivity contribution in [3.05, 3.63) is 66.1 Å². The number of pyridine rings is 1. The topological polar surface area (TPSA) is 40.7 Å². The maximum atomic E-state index is 4.16. The van der Waals surface area contributed by atoms with Crippen LogP contribution in [0.25, 0.3) is 10.9 Å². The van der Waals surface area contributed by atoms with Crippen LogP contribution in [-0.4, -0.2) is 16.5 Å². The van der Waals surface area contributed by atoms with Gasteiger partial charge >= 0.3 is 0 Å². The summed E-state index contributed by atoms with van der Waals surface area (Å²) in [4.78, 5) is 7.48. The molecule has 0 saturated carbocycles. The fourth-order valence-corrected chi connectivity index (χ4v) is 2.51. The third-order valence-electron chi connectivity index (χ3n) is 3.70. The van der Waals surface area contributed by atoms with Gasteiger partial charge in [0, 0.05) is 35.5 Å². The van der Waals surface area contributed by atoms with Gasteiger partial charge in [0.15, 0.2) is 0 Å².